The number of piperazine rings is 1. The molecule has 0 saturated carbocycles. The average Bonchev–Trinajstić information content (AvgIpc) is 2.38. The normalized spacial score (nSPS) is 16.6. The van der Waals surface area contributed by atoms with Gasteiger partial charge in [0, 0.05) is 32.7 Å². The molecule has 0 aliphatic carbocycles. The molecule has 1 aromatic rings. The van der Waals surface area contributed by atoms with Gasteiger partial charge in [0.1, 0.15) is 0 Å². The van der Waals surface area contributed by atoms with Gasteiger partial charge in [-0.3, -0.25) is 0 Å². The summed E-state index contributed by atoms with van der Waals surface area (Å²) < 4.78 is 5.61. The lowest BCUT2D eigenvalue weighted by Crippen LogP contribution is -2.45. The lowest BCUT2D eigenvalue weighted by Gasteiger charge is -2.32. The lowest BCUT2D eigenvalue weighted by molar-refractivity contribution is 0.221. The highest BCUT2D eigenvalue weighted by Crippen LogP contribution is 2.17. The van der Waals surface area contributed by atoms with Gasteiger partial charge in [0.25, 0.3) is 0 Å². The predicted octanol–water partition coefficient (Wildman–Crippen LogP) is 0.842. The molecule has 7 nitrogen and oxygen atoms in total. The van der Waals surface area contributed by atoms with E-state index in [1.54, 1.807) is 0 Å². The minimum atomic E-state index is 0.0483. The molecule has 1 saturated heterocycles. The Morgan fingerprint density at radius 2 is 1.85 bits per heavy atom. The predicted molar refractivity (Wildman–Crippen MR) is 79.5 cm³/mol. The topological polar surface area (TPSA) is 66.4 Å². The van der Waals surface area contributed by atoms with Crippen LogP contribution in [0.3, 0.4) is 0 Å². The van der Waals surface area contributed by atoms with E-state index in [2.05, 4.69) is 37.1 Å². The van der Waals surface area contributed by atoms with Crippen LogP contribution in [0.2, 0.25) is 0 Å². The summed E-state index contributed by atoms with van der Waals surface area (Å²) in [4.78, 5) is 17.7. The number of aromatic nitrogens is 3. The van der Waals surface area contributed by atoms with Crippen LogP contribution in [-0.4, -0.2) is 65.7 Å². The van der Waals surface area contributed by atoms with E-state index in [9.17, 15) is 0 Å². The van der Waals surface area contributed by atoms with E-state index in [4.69, 9.17) is 4.74 Å². The molecule has 2 heterocycles. The molecule has 1 aromatic heterocycles. The highest BCUT2D eigenvalue weighted by atomic mass is 16.5. The Kier molecular flexibility index (Phi) is 4.94. The second-order valence-corrected chi connectivity index (χ2v) is 5.23. The standard InChI is InChI=1S/C13H24N6O/c1-5-14-11-15-12(17-13(16-11)20-10(2)3)19-8-6-18(4)7-9-19/h10H,5-9H2,1-4H3,(H,14,15,16,17). The number of likely N-dealkylation sites (N-methyl/N-ethyl adjacent to an activating group) is 1. The summed E-state index contributed by atoms with van der Waals surface area (Å²) in [7, 11) is 2.13. The largest absolute Gasteiger partial charge is 0.461 e. The average molecular weight is 280 g/mol. The van der Waals surface area contributed by atoms with Gasteiger partial charge in [-0.15, -0.1) is 0 Å². The van der Waals surface area contributed by atoms with E-state index >= 15 is 0 Å². The molecule has 1 aliphatic heterocycles. The maximum absolute atomic E-state index is 5.61. The third-order valence-electron chi connectivity index (χ3n) is 3.07. The molecule has 0 radical (unpaired) electrons. The molecule has 1 aliphatic rings. The van der Waals surface area contributed by atoms with Gasteiger partial charge in [-0.1, -0.05) is 0 Å². The highest BCUT2D eigenvalue weighted by Gasteiger charge is 2.19. The van der Waals surface area contributed by atoms with Crippen molar-refractivity contribution in [1.82, 2.24) is 19.9 Å². The van der Waals surface area contributed by atoms with Crippen LogP contribution in [0.15, 0.2) is 0 Å². The molecule has 7 heteroatoms. The molecule has 0 bridgehead atoms. The molecule has 1 N–H and O–H groups in total. The van der Waals surface area contributed by atoms with Gasteiger partial charge in [-0.25, -0.2) is 0 Å². The maximum atomic E-state index is 5.61. The zero-order valence-corrected chi connectivity index (χ0v) is 12.8. The quantitative estimate of drug-likeness (QED) is 0.857. The lowest BCUT2D eigenvalue weighted by atomic mass is 10.3. The Morgan fingerprint density at radius 3 is 2.45 bits per heavy atom. The summed E-state index contributed by atoms with van der Waals surface area (Å²) >= 11 is 0. The Balaban J connectivity index is 2.19. The molecular formula is C13H24N6O. The van der Waals surface area contributed by atoms with Gasteiger partial charge in [0.2, 0.25) is 11.9 Å². The number of hydrogen-bond donors (Lipinski definition) is 1. The molecule has 20 heavy (non-hydrogen) atoms. The fourth-order valence-corrected chi connectivity index (χ4v) is 1.99. The van der Waals surface area contributed by atoms with Crippen molar-refractivity contribution in [1.29, 1.82) is 0 Å². The van der Waals surface area contributed by atoms with E-state index in [0.717, 1.165) is 32.7 Å². The summed E-state index contributed by atoms with van der Waals surface area (Å²) in [6.45, 7) is 10.6. The van der Waals surface area contributed by atoms with Gasteiger partial charge in [-0.2, -0.15) is 15.0 Å². The first kappa shape index (κ1) is 14.8. The van der Waals surface area contributed by atoms with Gasteiger partial charge in [-0.05, 0) is 27.8 Å². The fourth-order valence-electron chi connectivity index (χ4n) is 1.99. The van der Waals surface area contributed by atoms with Crippen molar-refractivity contribution in [2.24, 2.45) is 0 Å². The first-order valence-electron chi connectivity index (χ1n) is 7.18. The second-order valence-electron chi connectivity index (χ2n) is 5.23. The SMILES string of the molecule is CCNc1nc(OC(C)C)nc(N2CCN(C)CC2)n1. The van der Waals surface area contributed by atoms with Gasteiger partial charge >= 0.3 is 6.01 Å². The third kappa shape index (κ3) is 3.93. The minimum Gasteiger partial charge on any atom is -0.461 e. The van der Waals surface area contributed by atoms with Crippen LogP contribution in [0.25, 0.3) is 0 Å². The molecule has 1 fully saturated rings. The Morgan fingerprint density at radius 1 is 1.15 bits per heavy atom. The van der Waals surface area contributed by atoms with Crippen LogP contribution in [0, 0.1) is 0 Å². The third-order valence-corrected chi connectivity index (χ3v) is 3.07. The van der Waals surface area contributed by atoms with E-state index in [1.807, 2.05) is 20.8 Å². The Bertz CT molecular complexity index is 431. The van der Waals surface area contributed by atoms with E-state index in [1.165, 1.54) is 0 Å². The number of anilines is 2. The Hall–Kier alpha value is -1.63. The van der Waals surface area contributed by atoms with Crippen molar-refractivity contribution in [3.05, 3.63) is 0 Å². The van der Waals surface area contributed by atoms with Crippen LogP contribution >= 0.6 is 0 Å². The summed E-state index contributed by atoms with van der Waals surface area (Å²) in [5.41, 5.74) is 0. The summed E-state index contributed by atoms with van der Waals surface area (Å²) in [6, 6.07) is 0.389. The molecule has 0 aromatic carbocycles. The molecule has 0 unspecified atom stereocenters. The Labute approximate surface area is 120 Å². The molecule has 0 amide bonds. The van der Waals surface area contributed by atoms with Crippen molar-refractivity contribution >= 4 is 11.9 Å². The maximum Gasteiger partial charge on any atom is 0.323 e. The zero-order chi connectivity index (χ0) is 14.5. The number of nitrogens with zero attached hydrogens (tertiary/aromatic N) is 5. The van der Waals surface area contributed by atoms with E-state index in [0.29, 0.717) is 17.9 Å². The first-order chi connectivity index (χ1) is 9.58. The molecule has 0 atom stereocenters. The monoisotopic (exact) mass is 280 g/mol. The van der Waals surface area contributed by atoms with Crippen molar-refractivity contribution in [3.8, 4) is 6.01 Å². The number of hydrogen-bond acceptors (Lipinski definition) is 7. The number of nitrogens with one attached hydrogen (secondary N) is 1. The van der Waals surface area contributed by atoms with Crippen molar-refractivity contribution in [2.45, 2.75) is 26.9 Å². The number of rotatable bonds is 5. The van der Waals surface area contributed by atoms with Crippen molar-refractivity contribution in [3.63, 3.8) is 0 Å². The summed E-state index contributed by atoms with van der Waals surface area (Å²) in [6.07, 6.45) is 0.0483. The minimum absolute atomic E-state index is 0.0483. The van der Waals surface area contributed by atoms with Crippen LogP contribution in [0.1, 0.15) is 20.8 Å². The molecular weight excluding hydrogens is 256 g/mol. The number of ether oxygens (including phenoxy) is 1. The van der Waals surface area contributed by atoms with Gasteiger partial charge < -0.3 is 19.9 Å². The van der Waals surface area contributed by atoms with Gasteiger partial charge in [0.15, 0.2) is 0 Å². The van der Waals surface area contributed by atoms with Crippen LogP contribution < -0.4 is 15.0 Å². The van der Waals surface area contributed by atoms with E-state index in [-0.39, 0.29) is 6.10 Å². The van der Waals surface area contributed by atoms with Crippen LogP contribution in [0.5, 0.6) is 6.01 Å². The smallest absolute Gasteiger partial charge is 0.323 e. The second kappa shape index (κ2) is 6.69. The van der Waals surface area contributed by atoms with Crippen LogP contribution in [0.4, 0.5) is 11.9 Å². The van der Waals surface area contributed by atoms with Crippen molar-refractivity contribution < 1.29 is 4.74 Å². The highest BCUT2D eigenvalue weighted by molar-refractivity contribution is 5.38. The first-order valence-corrected chi connectivity index (χ1v) is 7.18. The molecule has 0 spiro atoms. The van der Waals surface area contributed by atoms with Gasteiger partial charge in [0.05, 0.1) is 6.10 Å². The van der Waals surface area contributed by atoms with Crippen molar-refractivity contribution in [2.75, 3.05) is 50.0 Å². The zero-order valence-electron chi connectivity index (χ0n) is 12.8. The molecule has 112 valence electrons. The molecule has 2 rings (SSSR count). The van der Waals surface area contributed by atoms with Crippen LogP contribution in [-0.2, 0) is 0 Å². The fraction of sp³-hybridized carbons (Fsp3) is 0.769. The summed E-state index contributed by atoms with van der Waals surface area (Å²) in [5.74, 6) is 1.27. The van der Waals surface area contributed by atoms with E-state index < -0.39 is 0 Å². The summed E-state index contributed by atoms with van der Waals surface area (Å²) in [5, 5.41) is 3.13.